The summed E-state index contributed by atoms with van der Waals surface area (Å²) in [5, 5.41) is 2.95. The Kier molecular flexibility index (Phi) is 7.48. The molecule has 0 aliphatic rings. The van der Waals surface area contributed by atoms with Gasteiger partial charge in [0.25, 0.3) is 0 Å². The minimum atomic E-state index is -0.287. The van der Waals surface area contributed by atoms with E-state index >= 15 is 0 Å². The van der Waals surface area contributed by atoms with E-state index in [4.69, 9.17) is 9.47 Å². The minimum absolute atomic E-state index is 0.0736. The fourth-order valence-corrected chi connectivity index (χ4v) is 2.50. The maximum atomic E-state index is 12.5. The van der Waals surface area contributed by atoms with Gasteiger partial charge in [-0.15, -0.1) is 0 Å². The highest BCUT2D eigenvalue weighted by atomic mass is 16.5. The first-order valence-corrected chi connectivity index (χ1v) is 8.94. The van der Waals surface area contributed by atoms with Gasteiger partial charge in [0.15, 0.2) is 0 Å². The van der Waals surface area contributed by atoms with Crippen LogP contribution in [0.25, 0.3) is 0 Å². The molecule has 2 rings (SSSR count). The molecule has 140 valence electrons. The van der Waals surface area contributed by atoms with Crippen molar-refractivity contribution in [2.24, 2.45) is 0 Å². The molecular weight excluding hydrogens is 328 g/mol. The number of hydrogen-bond acceptors (Lipinski definition) is 4. The van der Waals surface area contributed by atoms with Crippen LogP contribution in [0.4, 0.5) is 5.69 Å². The lowest BCUT2D eigenvalue weighted by Crippen LogP contribution is -2.41. The van der Waals surface area contributed by atoms with Crippen LogP contribution in [0.1, 0.15) is 19.4 Å². The Morgan fingerprint density at radius 1 is 1.08 bits per heavy atom. The summed E-state index contributed by atoms with van der Waals surface area (Å²) in [4.78, 5) is 14.5. The number of benzene rings is 2. The molecule has 2 aromatic rings. The highest BCUT2D eigenvalue weighted by Crippen LogP contribution is 2.24. The Bertz CT molecular complexity index is 718. The number of nitrogens with zero attached hydrogens (tertiary/aromatic N) is 1. The molecular formula is C21H28N2O3. The number of carbonyl (C=O) groups is 1. The number of hydrogen-bond donors (Lipinski definition) is 1. The molecule has 0 aliphatic carbocycles. The van der Waals surface area contributed by atoms with Gasteiger partial charge in [-0.3, -0.25) is 9.69 Å². The van der Waals surface area contributed by atoms with Gasteiger partial charge in [0.1, 0.15) is 18.1 Å². The Morgan fingerprint density at radius 3 is 2.42 bits per heavy atom. The molecule has 0 saturated heterocycles. The molecule has 2 aromatic carbocycles. The summed E-state index contributed by atoms with van der Waals surface area (Å²) in [7, 11) is 1.92. The summed E-state index contributed by atoms with van der Waals surface area (Å²) < 4.78 is 11.4. The fraction of sp³-hybridized carbons (Fsp3) is 0.381. The van der Waals surface area contributed by atoms with Crippen molar-refractivity contribution in [1.82, 2.24) is 4.90 Å². The van der Waals surface area contributed by atoms with Gasteiger partial charge < -0.3 is 14.8 Å². The third-order valence-electron chi connectivity index (χ3n) is 4.28. The molecule has 0 spiro atoms. The summed E-state index contributed by atoms with van der Waals surface area (Å²) in [5.74, 6) is 1.49. The molecule has 0 bridgehead atoms. The van der Waals surface area contributed by atoms with E-state index < -0.39 is 0 Å². The first-order valence-electron chi connectivity index (χ1n) is 8.94. The zero-order valence-electron chi connectivity index (χ0n) is 16.0. The van der Waals surface area contributed by atoms with Crippen LogP contribution >= 0.6 is 0 Å². The van der Waals surface area contributed by atoms with Crippen molar-refractivity contribution in [2.75, 3.05) is 32.1 Å². The largest absolute Gasteiger partial charge is 0.492 e. The molecule has 1 unspecified atom stereocenters. The second-order valence-electron chi connectivity index (χ2n) is 6.19. The Labute approximate surface area is 155 Å². The van der Waals surface area contributed by atoms with Gasteiger partial charge in [0, 0.05) is 6.54 Å². The smallest absolute Gasteiger partial charge is 0.241 e. The normalized spacial score (nSPS) is 11.9. The fourth-order valence-electron chi connectivity index (χ4n) is 2.50. The number of para-hydroxylation sites is 3. The summed E-state index contributed by atoms with van der Waals surface area (Å²) in [6.45, 7) is 7.55. The van der Waals surface area contributed by atoms with Crippen molar-refractivity contribution in [3.63, 3.8) is 0 Å². The van der Waals surface area contributed by atoms with E-state index in [2.05, 4.69) is 5.32 Å². The molecule has 5 heteroatoms. The first kappa shape index (κ1) is 19.8. The lowest BCUT2D eigenvalue weighted by atomic mass is 10.2. The van der Waals surface area contributed by atoms with Crippen molar-refractivity contribution in [2.45, 2.75) is 26.8 Å². The van der Waals surface area contributed by atoms with Gasteiger partial charge in [0.2, 0.25) is 5.91 Å². The summed E-state index contributed by atoms with van der Waals surface area (Å²) >= 11 is 0. The van der Waals surface area contributed by atoms with Crippen molar-refractivity contribution in [3.05, 3.63) is 54.1 Å². The third-order valence-corrected chi connectivity index (χ3v) is 4.28. The molecule has 0 saturated carbocycles. The third kappa shape index (κ3) is 5.49. The summed E-state index contributed by atoms with van der Waals surface area (Å²) in [6.07, 6.45) is 0. The minimum Gasteiger partial charge on any atom is -0.492 e. The quantitative estimate of drug-likeness (QED) is 0.744. The van der Waals surface area contributed by atoms with Crippen molar-refractivity contribution in [1.29, 1.82) is 0 Å². The van der Waals surface area contributed by atoms with Gasteiger partial charge in [-0.2, -0.15) is 0 Å². The van der Waals surface area contributed by atoms with E-state index in [1.807, 2.05) is 81.2 Å². The summed E-state index contributed by atoms with van der Waals surface area (Å²) in [6, 6.07) is 15.1. The molecule has 0 aliphatic heterocycles. The van der Waals surface area contributed by atoms with E-state index in [0.29, 0.717) is 31.2 Å². The standard InChI is InChI=1S/C21H28N2O3/c1-5-25-20-13-9-7-11-18(20)22-21(24)17(3)23(4)14-15-26-19-12-8-6-10-16(19)2/h6-13,17H,5,14-15H2,1-4H3,(H,22,24). The number of ether oxygens (including phenoxy) is 2. The van der Waals surface area contributed by atoms with E-state index in [0.717, 1.165) is 11.3 Å². The van der Waals surface area contributed by atoms with Crippen LogP contribution in [-0.2, 0) is 4.79 Å². The van der Waals surface area contributed by atoms with E-state index in [1.165, 1.54) is 0 Å². The maximum absolute atomic E-state index is 12.5. The second-order valence-corrected chi connectivity index (χ2v) is 6.19. The first-order chi connectivity index (χ1) is 12.5. The van der Waals surface area contributed by atoms with Gasteiger partial charge in [0.05, 0.1) is 18.3 Å². The Morgan fingerprint density at radius 2 is 1.73 bits per heavy atom. The number of likely N-dealkylation sites (N-methyl/N-ethyl adjacent to an activating group) is 1. The van der Waals surface area contributed by atoms with Crippen LogP contribution in [0.5, 0.6) is 11.5 Å². The van der Waals surface area contributed by atoms with Gasteiger partial charge in [-0.05, 0) is 51.6 Å². The second kappa shape index (κ2) is 9.82. The number of anilines is 1. The van der Waals surface area contributed by atoms with Crippen LogP contribution < -0.4 is 14.8 Å². The Balaban J connectivity index is 1.86. The van der Waals surface area contributed by atoms with Crippen LogP contribution in [0.15, 0.2) is 48.5 Å². The molecule has 0 fully saturated rings. The molecule has 26 heavy (non-hydrogen) atoms. The number of amides is 1. The molecule has 1 atom stereocenters. The topological polar surface area (TPSA) is 50.8 Å². The lowest BCUT2D eigenvalue weighted by Gasteiger charge is -2.24. The van der Waals surface area contributed by atoms with Gasteiger partial charge in [-0.1, -0.05) is 30.3 Å². The average molecular weight is 356 g/mol. The zero-order valence-corrected chi connectivity index (χ0v) is 16.0. The number of aryl methyl sites for hydroxylation is 1. The zero-order chi connectivity index (χ0) is 18.9. The van der Waals surface area contributed by atoms with Crippen molar-refractivity contribution in [3.8, 4) is 11.5 Å². The SMILES string of the molecule is CCOc1ccccc1NC(=O)C(C)N(C)CCOc1ccccc1C. The molecule has 0 heterocycles. The predicted molar refractivity (Wildman–Crippen MR) is 105 cm³/mol. The Hall–Kier alpha value is -2.53. The number of carbonyl (C=O) groups excluding carboxylic acids is 1. The van der Waals surface area contributed by atoms with Gasteiger partial charge in [-0.25, -0.2) is 0 Å². The monoisotopic (exact) mass is 356 g/mol. The van der Waals surface area contributed by atoms with Crippen LogP contribution in [0.3, 0.4) is 0 Å². The van der Waals surface area contributed by atoms with Crippen molar-refractivity contribution >= 4 is 11.6 Å². The van der Waals surface area contributed by atoms with Crippen LogP contribution in [0, 0.1) is 6.92 Å². The molecule has 0 radical (unpaired) electrons. The molecule has 5 nitrogen and oxygen atoms in total. The predicted octanol–water partition coefficient (Wildman–Crippen LogP) is 3.73. The summed E-state index contributed by atoms with van der Waals surface area (Å²) in [5.41, 5.74) is 1.80. The average Bonchev–Trinajstić information content (AvgIpc) is 2.64. The van der Waals surface area contributed by atoms with E-state index in [1.54, 1.807) is 0 Å². The highest BCUT2D eigenvalue weighted by Gasteiger charge is 2.19. The van der Waals surface area contributed by atoms with E-state index in [-0.39, 0.29) is 11.9 Å². The maximum Gasteiger partial charge on any atom is 0.241 e. The lowest BCUT2D eigenvalue weighted by molar-refractivity contribution is -0.120. The van der Waals surface area contributed by atoms with Crippen LogP contribution in [0.2, 0.25) is 0 Å². The van der Waals surface area contributed by atoms with Gasteiger partial charge >= 0.3 is 0 Å². The molecule has 1 amide bonds. The number of rotatable bonds is 9. The van der Waals surface area contributed by atoms with E-state index in [9.17, 15) is 4.79 Å². The number of nitrogens with one attached hydrogen (secondary N) is 1. The van der Waals surface area contributed by atoms with Crippen molar-refractivity contribution < 1.29 is 14.3 Å². The highest BCUT2D eigenvalue weighted by molar-refractivity contribution is 5.95. The molecule has 1 N–H and O–H groups in total. The van der Waals surface area contributed by atoms with Crippen LogP contribution in [-0.4, -0.2) is 43.7 Å². The molecule has 0 aromatic heterocycles.